The minimum atomic E-state index is -1.27. The molecule has 1 heterocycles. The van der Waals surface area contributed by atoms with Crippen molar-refractivity contribution in [1.29, 1.82) is 0 Å². The number of furan rings is 1. The first kappa shape index (κ1) is 24.0. The lowest BCUT2D eigenvalue weighted by Crippen LogP contribution is -2.41. The van der Waals surface area contributed by atoms with E-state index in [0.717, 1.165) is 0 Å². The largest absolute Gasteiger partial charge is 0.486 e. The number of nitrogens with zero attached hydrogens (tertiary/aromatic N) is 1. The Kier molecular flexibility index (Phi) is 7.81. The zero-order chi connectivity index (χ0) is 24.0. The number of nitro benzene ring substituents is 1. The van der Waals surface area contributed by atoms with Crippen LogP contribution in [0.25, 0.3) is 0 Å². The number of ether oxygens (including phenoxy) is 1. The molecule has 1 aromatic heterocycles. The van der Waals surface area contributed by atoms with Crippen molar-refractivity contribution in [3.63, 3.8) is 0 Å². The highest BCUT2D eigenvalue weighted by atomic mass is 16.6. The normalized spacial score (nSPS) is 12.9. The van der Waals surface area contributed by atoms with Crippen LogP contribution in [0.4, 0.5) is 5.69 Å². The van der Waals surface area contributed by atoms with Gasteiger partial charge < -0.3 is 24.7 Å². The van der Waals surface area contributed by atoms with Crippen molar-refractivity contribution in [2.24, 2.45) is 0 Å². The van der Waals surface area contributed by atoms with E-state index in [1.165, 1.54) is 35.9 Å². The Bertz CT molecular complexity index is 1070. The molecule has 0 bridgehead atoms. The molecule has 0 saturated heterocycles. The predicted octanol–water partition coefficient (Wildman–Crippen LogP) is 3.71. The van der Waals surface area contributed by atoms with Crippen molar-refractivity contribution in [2.45, 2.75) is 38.5 Å². The zero-order valence-corrected chi connectivity index (χ0v) is 18.3. The van der Waals surface area contributed by atoms with Gasteiger partial charge in [0.25, 0.3) is 11.6 Å². The molecule has 0 aliphatic rings. The van der Waals surface area contributed by atoms with Crippen molar-refractivity contribution in [2.75, 3.05) is 6.61 Å². The summed E-state index contributed by atoms with van der Waals surface area (Å²) in [6.07, 6.45) is -1.27. The summed E-state index contributed by atoms with van der Waals surface area (Å²) in [5, 5.41) is 33.4. The molecular formula is C24H26N2O7. The number of carbonyl (C=O) groups excluding carboxylic acids is 1. The highest BCUT2D eigenvalue weighted by Crippen LogP contribution is 2.22. The molecule has 2 unspecified atom stereocenters. The first-order valence-corrected chi connectivity index (χ1v) is 10.4. The standard InChI is InChI=1S/C24H26N2O7/c1-15(2)16-5-9-19(10-6-16)32-14-20-11-12-22(33-20)24(29)25-21(13-27)23(28)17-3-7-18(8-4-17)26(30)31/h3-12,15,21,23,27-28H,13-14H2,1-2H3,(H,25,29). The van der Waals surface area contributed by atoms with Crippen LogP contribution in [0.5, 0.6) is 5.75 Å². The fourth-order valence-electron chi connectivity index (χ4n) is 3.17. The molecule has 0 spiro atoms. The second-order valence-electron chi connectivity index (χ2n) is 7.83. The summed E-state index contributed by atoms with van der Waals surface area (Å²) >= 11 is 0. The third kappa shape index (κ3) is 6.18. The Morgan fingerprint density at radius 3 is 2.27 bits per heavy atom. The predicted molar refractivity (Wildman–Crippen MR) is 120 cm³/mol. The molecule has 0 fully saturated rings. The van der Waals surface area contributed by atoms with Gasteiger partial charge in [0.05, 0.1) is 17.6 Å². The van der Waals surface area contributed by atoms with Crippen LogP contribution < -0.4 is 10.1 Å². The average Bonchev–Trinajstić information content (AvgIpc) is 3.30. The quantitative estimate of drug-likeness (QED) is 0.314. The van der Waals surface area contributed by atoms with Crippen molar-refractivity contribution < 1.29 is 29.1 Å². The number of hydrogen-bond donors (Lipinski definition) is 3. The van der Waals surface area contributed by atoms with Gasteiger partial charge in [-0.1, -0.05) is 26.0 Å². The second-order valence-corrected chi connectivity index (χ2v) is 7.83. The molecule has 3 rings (SSSR count). The van der Waals surface area contributed by atoms with Crippen LogP contribution in [0.1, 0.15) is 53.3 Å². The molecule has 3 N–H and O–H groups in total. The maximum absolute atomic E-state index is 12.5. The minimum absolute atomic E-state index is 0.00175. The van der Waals surface area contributed by atoms with Crippen molar-refractivity contribution in [1.82, 2.24) is 5.32 Å². The molecule has 9 heteroatoms. The molecule has 0 saturated carbocycles. The molecule has 33 heavy (non-hydrogen) atoms. The summed E-state index contributed by atoms with van der Waals surface area (Å²) in [6.45, 7) is 3.80. The SMILES string of the molecule is CC(C)c1ccc(OCc2ccc(C(=O)NC(CO)C(O)c3ccc([N+](=O)[O-])cc3)o2)cc1. The van der Waals surface area contributed by atoms with Crippen molar-refractivity contribution in [3.8, 4) is 5.75 Å². The molecule has 2 atom stereocenters. The Morgan fingerprint density at radius 1 is 1.06 bits per heavy atom. The van der Waals surface area contributed by atoms with E-state index in [-0.39, 0.29) is 18.1 Å². The third-order valence-corrected chi connectivity index (χ3v) is 5.15. The van der Waals surface area contributed by atoms with Crippen LogP contribution in [-0.4, -0.2) is 33.7 Å². The maximum atomic E-state index is 12.5. The number of nitrogens with one attached hydrogen (secondary N) is 1. The lowest BCUT2D eigenvalue weighted by molar-refractivity contribution is -0.384. The van der Waals surface area contributed by atoms with Gasteiger partial charge in [0.1, 0.15) is 24.2 Å². The number of aliphatic hydroxyl groups excluding tert-OH is 2. The first-order valence-electron chi connectivity index (χ1n) is 10.4. The summed E-state index contributed by atoms with van der Waals surface area (Å²) in [5.41, 5.74) is 1.39. The van der Waals surface area contributed by atoms with Crippen LogP contribution in [-0.2, 0) is 6.61 Å². The summed E-state index contributed by atoms with van der Waals surface area (Å²) in [7, 11) is 0. The molecule has 1 amide bonds. The number of non-ortho nitro benzene ring substituents is 1. The van der Waals surface area contributed by atoms with Gasteiger partial charge in [-0.05, 0) is 53.4 Å². The smallest absolute Gasteiger partial charge is 0.287 e. The Balaban J connectivity index is 1.58. The van der Waals surface area contributed by atoms with E-state index in [0.29, 0.717) is 23.0 Å². The number of nitro groups is 1. The van der Waals surface area contributed by atoms with E-state index < -0.39 is 29.6 Å². The van der Waals surface area contributed by atoms with Crippen LogP contribution in [0.3, 0.4) is 0 Å². The molecule has 0 aliphatic heterocycles. The highest BCUT2D eigenvalue weighted by Gasteiger charge is 2.24. The van der Waals surface area contributed by atoms with E-state index >= 15 is 0 Å². The number of aliphatic hydroxyl groups is 2. The zero-order valence-electron chi connectivity index (χ0n) is 18.3. The lowest BCUT2D eigenvalue weighted by Gasteiger charge is -2.22. The van der Waals surface area contributed by atoms with Gasteiger partial charge in [0.15, 0.2) is 5.76 Å². The maximum Gasteiger partial charge on any atom is 0.287 e. The summed E-state index contributed by atoms with van der Waals surface area (Å²) in [6, 6.07) is 15.0. The van der Waals surface area contributed by atoms with Crippen LogP contribution in [0, 0.1) is 10.1 Å². The Hall–Kier alpha value is -3.69. The van der Waals surface area contributed by atoms with E-state index in [1.807, 2.05) is 24.3 Å². The molecule has 174 valence electrons. The molecule has 2 aromatic carbocycles. The summed E-state index contributed by atoms with van der Waals surface area (Å²) in [4.78, 5) is 22.7. The van der Waals surface area contributed by atoms with Gasteiger partial charge >= 0.3 is 0 Å². The van der Waals surface area contributed by atoms with E-state index in [1.54, 1.807) is 6.07 Å². The fourth-order valence-corrected chi connectivity index (χ4v) is 3.17. The minimum Gasteiger partial charge on any atom is -0.486 e. The van der Waals surface area contributed by atoms with E-state index in [2.05, 4.69) is 19.2 Å². The van der Waals surface area contributed by atoms with Crippen LogP contribution in [0.2, 0.25) is 0 Å². The molecular weight excluding hydrogens is 428 g/mol. The lowest BCUT2D eigenvalue weighted by atomic mass is 10.0. The van der Waals surface area contributed by atoms with Gasteiger partial charge in [-0.2, -0.15) is 0 Å². The van der Waals surface area contributed by atoms with Gasteiger partial charge in [-0.25, -0.2) is 0 Å². The second kappa shape index (κ2) is 10.8. The van der Waals surface area contributed by atoms with Gasteiger partial charge in [0, 0.05) is 12.1 Å². The number of benzene rings is 2. The monoisotopic (exact) mass is 454 g/mol. The molecule has 0 aliphatic carbocycles. The van der Waals surface area contributed by atoms with E-state index in [4.69, 9.17) is 9.15 Å². The van der Waals surface area contributed by atoms with Gasteiger partial charge in [-0.3, -0.25) is 14.9 Å². The van der Waals surface area contributed by atoms with Gasteiger partial charge in [0.2, 0.25) is 0 Å². The summed E-state index contributed by atoms with van der Waals surface area (Å²) < 4.78 is 11.2. The van der Waals surface area contributed by atoms with Crippen molar-refractivity contribution in [3.05, 3.63) is 93.4 Å². The Morgan fingerprint density at radius 2 is 1.70 bits per heavy atom. The molecule has 9 nitrogen and oxygen atoms in total. The van der Waals surface area contributed by atoms with Gasteiger partial charge in [-0.15, -0.1) is 0 Å². The highest BCUT2D eigenvalue weighted by molar-refractivity contribution is 5.91. The number of rotatable bonds is 10. The van der Waals surface area contributed by atoms with Crippen LogP contribution >= 0.6 is 0 Å². The van der Waals surface area contributed by atoms with E-state index in [9.17, 15) is 25.1 Å². The topological polar surface area (TPSA) is 135 Å². The third-order valence-electron chi connectivity index (χ3n) is 5.15. The number of carbonyl (C=O) groups is 1. The number of hydrogen-bond acceptors (Lipinski definition) is 7. The number of amides is 1. The average molecular weight is 454 g/mol. The Labute approximate surface area is 190 Å². The van der Waals surface area contributed by atoms with Crippen molar-refractivity contribution >= 4 is 11.6 Å². The van der Waals surface area contributed by atoms with Crippen LogP contribution in [0.15, 0.2) is 65.1 Å². The first-order chi connectivity index (χ1) is 15.8. The fraction of sp³-hybridized carbons (Fsp3) is 0.292. The molecule has 0 radical (unpaired) electrons. The molecule has 3 aromatic rings. The summed E-state index contributed by atoms with van der Waals surface area (Å²) in [5.74, 6) is 0.908.